The molecule has 9 heteroatoms. The maximum atomic E-state index is 13.3. The largest absolute Gasteiger partial charge is 0.466 e. The fourth-order valence-corrected chi connectivity index (χ4v) is 5.93. The number of esters is 2. The molecule has 1 aromatic rings. The van der Waals surface area contributed by atoms with E-state index < -0.39 is 12.0 Å². The van der Waals surface area contributed by atoms with Gasteiger partial charge in [0.1, 0.15) is 0 Å². The number of carbonyl (C=O) groups is 3. The van der Waals surface area contributed by atoms with Crippen molar-refractivity contribution in [3.63, 3.8) is 0 Å². The van der Waals surface area contributed by atoms with E-state index in [1.165, 1.54) is 18.9 Å². The van der Waals surface area contributed by atoms with Crippen LogP contribution < -0.4 is 0 Å². The second kappa shape index (κ2) is 11.3. The van der Waals surface area contributed by atoms with Crippen molar-refractivity contribution in [2.45, 2.75) is 52.5 Å². The van der Waals surface area contributed by atoms with Gasteiger partial charge in [-0.3, -0.25) is 9.59 Å². The zero-order valence-corrected chi connectivity index (χ0v) is 22.1. The van der Waals surface area contributed by atoms with E-state index in [0.717, 1.165) is 22.0 Å². The van der Waals surface area contributed by atoms with Crippen LogP contribution in [0.4, 0.5) is 0 Å². The molecule has 1 amide bonds. The zero-order valence-electron chi connectivity index (χ0n) is 21.3. The number of piperidine rings is 1. The molecule has 36 heavy (non-hydrogen) atoms. The van der Waals surface area contributed by atoms with Crippen LogP contribution in [0.5, 0.6) is 0 Å². The van der Waals surface area contributed by atoms with Gasteiger partial charge in [0.15, 0.2) is 5.17 Å². The summed E-state index contributed by atoms with van der Waals surface area (Å²) in [7, 11) is 1.38. The lowest BCUT2D eigenvalue weighted by atomic mass is 9.90. The number of nitrogens with zero attached hydrogens (tertiary/aromatic N) is 3. The molecular weight excluding hydrogens is 478 g/mol. The van der Waals surface area contributed by atoms with Crippen LogP contribution in [0.3, 0.4) is 0 Å². The smallest absolute Gasteiger partial charge is 0.338 e. The average Bonchev–Trinajstić information content (AvgIpc) is 3.29. The third-order valence-corrected chi connectivity index (χ3v) is 7.80. The quantitative estimate of drug-likeness (QED) is 0.504. The molecule has 0 unspecified atom stereocenters. The summed E-state index contributed by atoms with van der Waals surface area (Å²) in [6.45, 7) is 7.22. The summed E-state index contributed by atoms with van der Waals surface area (Å²) in [4.78, 5) is 47.0. The van der Waals surface area contributed by atoms with Crippen LogP contribution in [-0.4, -0.2) is 59.6 Å². The highest BCUT2D eigenvalue weighted by Gasteiger charge is 2.42. The van der Waals surface area contributed by atoms with Gasteiger partial charge in [0.05, 0.1) is 43.4 Å². The number of ether oxygens (including phenoxy) is 2. The Bertz CT molecular complexity index is 1130. The summed E-state index contributed by atoms with van der Waals surface area (Å²) in [5.74, 6) is -0.740. The number of aliphatic imine (C=N–C) groups is 1. The zero-order chi connectivity index (χ0) is 25.8. The van der Waals surface area contributed by atoms with Gasteiger partial charge in [0, 0.05) is 18.8 Å². The molecule has 0 aliphatic carbocycles. The Hall–Kier alpha value is -3.07. The molecule has 1 aromatic carbocycles. The fourth-order valence-electron chi connectivity index (χ4n) is 4.99. The van der Waals surface area contributed by atoms with Crippen LogP contribution in [0, 0.1) is 12.8 Å². The molecule has 3 aliphatic heterocycles. The van der Waals surface area contributed by atoms with Gasteiger partial charge in [0.2, 0.25) is 5.91 Å². The molecule has 8 nitrogen and oxygen atoms in total. The number of methoxy groups -OCH3 is 1. The lowest BCUT2D eigenvalue weighted by Gasteiger charge is -2.38. The Morgan fingerprint density at radius 2 is 1.86 bits per heavy atom. The number of fused-ring (bicyclic) bond motifs is 1. The van der Waals surface area contributed by atoms with Crippen LogP contribution in [0.15, 0.2) is 51.6 Å². The minimum absolute atomic E-state index is 0.00108. The topological polar surface area (TPSA) is 88.5 Å². The number of carbonyl (C=O) groups excluding carboxylic acids is 3. The van der Waals surface area contributed by atoms with E-state index in [9.17, 15) is 14.4 Å². The highest BCUT2D eigenvalue weighted by atomic mass is 32.2. The minimum atomic E-state index is -0.426. The summed E-state index contributed by atoms with van der Waals surface area (Å²) in [6, 6.07) is 7.54. The van der Waals surface area contributed by atoms with Crippen molar-refractivity contribution in [2.24, 2.45) is 10.9 Å². The molecule has 0 aromatic heterocycles. The number of likely N-dealkylation sites (tertiary alicyclic amines) is 1. The van der Waals surface area contributed by atoms with E-state index >= 15 is 0 Å². The standard InChI is InChI=1S/C27H33N3O5S/c1-5-21-23(26(33)34-4)24(20-10-8-7-9-17(20)3)30-19(16-36-27(30)28-21)15-22(31)29-13-11-18(12-14-29)25(32)35-6-2/h7-10,16,18,24H,5-6,11-15H2,1-4H3/t24-/m1/s1. The number of aryl methyl sites for hydroxylation is 1. The predicted octanol–water partition coefficient (Wildman–Crippen LogP) is 4.32. The van der Waals surface area contributed by atoms with E-state index in [4.69, 9.17) is 14.5 Å². The third kappa shape index (κ3) is 5.07. The predicted molar refractivity (Wildman–Crippen MR) is 139 cm³/mol. The Morgan fingerprint density at radius 1 is 1.14 bits per heavy atom. The van der Waals surface area contributed by atoms with E-state index in [0.29, 0.717) is 50.2 Å². The van der Waals surface area contributed by atoms with Crippen molar-refractivity contribution < 1.29 is 23.9 Å². The maximum absolute atomic E-state index is 13.3. The maximum Gasteiger partial charge on any atom is 0.338 e. The first-order valence-electron chi connectivity index (χ1n) is 12.4. The third-order valence-electron chi connectivity index (χ3n) is 6.91. The van der Waals surface area contributed by atoms with E-state index in [1.807, 2.05) is 53.3 Å². The van der Waals surface area contributed by atoms with Crippen molar-refractivity contribution in [3.05, 3.63) is 57.8 Å². The molecule has 0 saturated carbocycles. The van der Waals surface area contributed by atoms with Gasteiger partial charge in [-0.15, -0.1) is 0 Å². The molecule has 3 heterocycles. The number of hydrogen-bond acceptors (Lipinski definition) is 8. The van der Waals surface area contributed by atoms with Crippen LogP contribution in [0.2, 0.25) is 0 Å². The van der Waals surface area contributed by atoms with Gasteiger partial charge in [0.25, 0.3) is 0 Å². The van der Waals surface area contributed by atoms with E-state index in [1.54, 1.807) is 6.92 Å². The normalized spacial score (nSPS) is 20.1. The van der Waals surface area contributed by atoms with Crippen molar-refractivity contribution in [1.29, 1.82) is 0 Å². The molecular formula is C27H33N3O5S. The molecule has 0 spiro atoms. The molecule has 1 atom stereocenters. The molecule has 1 saturated heterocycles. The molecule has 0 bridgehead atoms. The van der Waals surface area contributed by atoms with E-state index in [-0.39, 0.29) is 24.2 Å². The lowest BCUT2D eigenvalue weighted by molar-refractivity contribution is -0.151. The second-order valence-electron chi connectivity index (χ2n) is 9.04. The number of amidine groups is 1. The first-order valence-corrected chi connectivity index (χ1v) is 13.3. The highest BCUT2D eigenvalue weighted by molar-refractivity contribution is 8.16. The first-order chi connectivity index (χ1) is 17.4. The highest BCUT2D eigenvalue weighted by Crippen LogP contribution is 2.46. The van der Waals surface area contributed by atoms with E-state index in [2.05, 4.69) is 0 Å². The molecule has 0 radical (unpaired) electrons. The number of benzene rings is 1. The fraction of sp³-hybridized carbons (Fsp3) is 0.481. The van der Waals surface area contributed by atoms with Crippen molar-refractivity contribution >= 4 is 34.8 Å². The Morgan fingerprint density at radius 3 is 2.50 bits per heavy atom. The molecule has 4 rings (SSSR count). The molecule has 0 N–H and O–H groups in total. The van der Waals surface area contributed by atoms with Gasteiger partial charge in [-0.2, -0.15) is 0 Å². The molecule has 192 valence electrons. The second-order valence-corrected chi connectivity index (χ2v) is 9.88. The lowest BCUT2D eigenvalue weighted by Crippen LogP contribution is -2.42. The summed E-state index contributed by atoms with van der Waals surface area (Å²) in [6.07, 6.45) is 1.99. The Kier molecular flexibility index (Phi) is 8.18. The van der Waals surface area contributed by atoms with Crippen LogP contribution >= 0.6 is 11.8 Å². The van der Waals surface area contributed by atoms with Crippen molar-refractivity contribution in [3.8, 4) is 0 Å². The molecule has 3 aliphatic rings. The SMILES string of the molecule is CCOC(=O)C1CCN(C(=O)CC2=CSC3=NC(CC)=C(C(=O)OC)[C@@H](c4ccccc4C)N23)CC1. The van der Waals surface area contributed by atoms with Gasteiger partial charge < -0.3 is 19.3 Å². The van der Waals surface area contributed by atoms with Gasteiger partial charge in [-0.1, -0.05) is 43.0 Å². The Labute approximate surface area is 216 Å². The summed E-state index contributed by atoms with van der Waals surface area (Å²) >= 11 is 1.47. The van der Waals surface area contributed by atoms with Crippen LogP contribution in [0.25, 0.3) is 0 Å². The Balaban J connectivity index is 1.58. The number of thioether (sulfide) groups is 1. The average molecular weight is 512 g/mol. The minimum Gasteiger partial charge on any atom is -0.466 e. The van der Waals surface area contributed by atoms with Crippen LogP contribution in [-0.2, 0) is 23.9 Å². The van der Waals surface area contributed by atoms with Gasteiger partial charge >= 0.3 is 11.9 Å². The van der Waals surface area contributed by atoms with Crippen LogP contribution in [0.1, 0.15) is 56.7 Å². The summed E-state index contributed by atoms with van der Waals surface area (Å²) in [5.41, 5.74) is 4.04. The summed E-state index contributed by atoms with van der Waals surface area (Å²) in [5, 5.41) is 2.72. The van der Waals surface area contributed by atoms with Crippen molar-refractivity contribution in [1.82, 2.24) is 9.80 Å². The van der Waals surface area contributed by atoms with Crippen molar-refractivity contribution in [2.75, 3.05) is 26.8 Å². The number of rotatable bonds is 7. The first kappa shape index (κ1) is 26.0. The van der Waals surface area contributed by atoms with Gasteiger partial charge in [-0.05, 0) is 49.6 Å². The van der Waals surface area contributed by atoms with Gasteiger partial charge in [-0.25, -0.2) is 9.79 Å². The number of amides is 1. The molecule has 1 fully saturated rings. The number of allylic oxidation sites excluding steroid dienone is 1. The monoisotopic (exact) mass is 511 g/mol. The summed E-state index contributed by atoms with van der Waals surface area (Å²) < 4.78 is 10.3. The number of hydrogen-bond donors (Lipinski definition) is 0.